The number of aliphatic carboxylic acids is 2. The van der Waals surface area contributed by atoms with Crippen molar-refractivity contribution in [1.29, 1.82) is 0 Å². The fourth-order valence-electron chi connectivity index (χ4n) is 10.7. The highest BCUT2D eigenvalue weighted by molar-refractivity contribution is 6.01. The summed E-state index contributed by atoms with van der Waals surface area (Å²) in [5.41, 5.74) is 22.5. The lowest BCUT2D eigenvalue weighted by molar-refractivity contribution is -0.144. The van der Waals surface area contributed by atoms with Gasteiger partial charge in [-0.05, 0) is 101 Å². The first kappa shape index (κ1) is 82.6. The number of nitrogens with two attached hydrogens (primary N) is 4. The van der Waals surface area contributed by atoms with Gasteiger partial charge in [-0.2, -0.15) is 0 Å². The number of phenols is 1. The molecule has 1 aromatic carbocycles. The van der Waals surface area contributed by atoms with E-state index in [-0.39, 0.29) is 69.7 Å². The number of rotatable bonds is 42. The van der Waals surface area contributed by atoms with Gasteiger partial charge in [0.2, 0.25) is 82.7 Å². The van der Waals surface area contributed by atoms with Crippen LogP contribution in [0.4, 0.5) is 0 Å². The lowest BCUT2D eigenvalue weighted by Crippen LogP contribution is -2.61. The Kier molecular flexibility index (Phi) is 34.4. The molecule has 37 nitrogen and oxygen atoms in total. The van der Waals surface area contributed by atoms with Gasteiger partial charge in [-0.1, -0.05) is 46.2 Å². The number of amides is 14. The van der Waals surface area contributed by atoms with Gasteiger partial charge < -0.3 is 111 Å². The van der Waals surface area contributed by atoms with Crippen molar-refractivity contribution in [3.05, 3.63) is 29.8 Å². The number of hydrogen-bond acceptors (Lipinski definition) is 21. The summed E-state index contributed by atoms with van der Waals surface area (Å²) in [6.45, 7) is 5.48. The summed E-state index contributed by atoms with van der Waals surface area (Å²) in [5, 5.41) is 72.8. The maximum atomic E-state index is 14.6. The molecule has 2 aliphatic rings. The van der Waals surface area contributed by atoms with Crippen LogP contribution in [-0.2, 0) is 83.1 Å². The summed E-state index contributed by atoms with van der Waals surface area (Å²) in [4.78, 5) is 215. The first-order valence-electron chi connectivity index (χ1n) is 32.2. The minimum absolute atomic E-state index is 0.0335. The van der Waals surface area contributed by atoms with Crippen molar-refractivity contribution in [3.8, 4) is 5.75 Å². The first-order chi connectivity index (χ1) is 46.2. The van der Waals surface area contributed by atoms with Crippen molar-refractivity contribution in [2.24, 2.45) is 34.8 Å². The third-order valence-electron chi connectivity index (χ3n) is 16.2. The fraction of sp³-hybridized carbons (Fsp3) is 0.639. The number of unbranched alkanes of at least 4 members (excludes halogenated alkanes) is 1. The zero-order valence-corrected chi connectivity index (χ0v) is 55.5. The smallest absolute Gasteiger partial charge is 0.326 e. The van der Waals surface area contributed by atoms with Gasteiger partial charge in [-0.25, -0.2) is 4.79 Å². The standard InChI is InChI=1S/C61H96N16O21/c1-6-31(4)49(75-54(90)40(26-48(84)85)72-57(93)43-12-9-21-76(43)59(95)35(63)28-78)58(94)73-39(24-33-14-16-34(80)17-15-33)53(89)74-41(25-46(65)82)60(96)77-22-10-13-44(77)56(92)69-36(18-19-45(64)81)51(87)67-32(5)50(86)66-27-47(83)68-42(29-79)55(91)71-38(23-30(2)3)52(88)70-37(61(97)98)11-7-8-20-62/h14-17,30-32,35-44,49,78-80H,6-13,18-29,62-63H2,1-5H3,(H2,64,81)(H2,65,82)(H,66,86)(H,67,87)(H,68,83)(H,69,92)(H,70,88)(H,71,91)(H,72,93)(H,73,94)(H,74,89)(H,75,90)(H,84,85)(H,97,98)/t31-,32-,35-,36-,37-,38-,39-,40-,41-,42-,43-,44-,49-/m0/s1. The van der Waals surface area contributed by atoms with E-state index in [9.17, 15) is 102 Å². The molecule has 0 saturated carbocycles. The highest BCUT2D eigenvalue weighted by Crippen LogP contribution is 2.22. The SMILES string of the molecule is CC[C@H](C)[C@H](NC(=O)[C@H](CC(=O)O)NC(=O)[C@@H]1CCCN1C(=O)[C@@H](N)CO)C(=O)N[C@@H](Cc1ccc(O)cc1)C(=O)N[C@@H](CC(N)=O)C(=O)N1CCC[C@H]1C(=O)N[C@@H](CCC(N)=O)C(=O)N[C@@H](C)C(=O)NCC(=O)N[C@@H](CO)C(=O)N[C@@H](CC(C)C)C(=O)N[C@@H](CCCCN)C(=O)O. The molecule has 37 heteroatoms. The molecular formula is C61H96N16O21. The zero-order chi connectivity index (χ0) is 73.7. The number of phenolic OH excluding ortho intramolecular Hbond substituents is 1. The number of nitrogens with one attached hydrogen (secondary N) is 10. The predicted octanol–water partition coefficient (Wildman–Crippen LogP) is -7.35. The van der Waals surface area contributed by atoms with Gasteiger partial charge >= 0.3 is 11.9 Å². The predicted molar refractivity (Wildman–Crippen MR) is 343 cm³/mol. The average Bonchev–Trinajstić information content (AvgIpc) is 1.60. The minimum atomic E-state index is -1.84. The number of hydrogen-bond donors (Lipinski definition) is 19. The number of benzene rings is 1. The molecule has 13 atom stereocenters. The molecular weight excluding hydrogens is 1290 g/mol. The molecule has 2 fully saturated rings. The number of carbonyl (C=O) groups excluding carboxylic acids is 14. The van der Waals surface area contributed by atoms with Gasteiger partial charge in [0.15, 0.2) is 0 Å². The summed E-state index contributed by atoms with van der Waals surface area (Å²) in [5.74, 6) is -18.0. The maximum absolute atomic E-state index is 14.6. The molecule has 0 aliphatic carbocycles. The van der Waals surface area contributed by atoms with Crippen LogP contribution in [-0.4, -0.2) is 242 Å². The van der Waals surface area contributed by atoms with Crippen molar-refractivity contribution in [2.75, 3.05) is 39.4 Å². The number of carboxylic acids is 2. The third kappa shape index (κ3) is 26.8. The molecule has 0 unspecified atom stereocenters. The summed E-state index contributed by atoms with van der Waals surface area (Å²) in [6, 6.07) is -12.9. The van der Waals surface area contributed by atoms with Crippen LogP contribution in [0.25, 0.3) is 0 Å². The van der Waals surface area contributed by atoms with Gasteiger partial charge in [-0.15, -0.1) is 0 Å². The molecule has 1 aromatic rings. The lowest BCUT2D eigenvalue weighted by atomic mass is 9.96. The molecule has 3 rings (SSSR count). The van der Waals surface area contributed by atoms with Crippen molar-refractivity contribution < 1.29 is 102 Å². The molecule has 546 valence electrons. The van der Waals surface area contributed by atoms with Crippen LogP contribution in [0.1, 0.15) is 124 Å². The molecule has 2 heterocycles. The second kappa shape index (κ2) is 40.8. The van der Waals surface area contributed by atoms with E-state index in [0.29, 0.717) is 31.4 Å². The van der Waals surface area contributed by atoms with Gasteiger partial charge in [0, 0.05) is 25.9 Å². The Balaban J connectivity index is 1.80. The second-order valence-electron chi connectivity index (χ2n) is 24.6. The Bertz CT molecular complexity index is 3010. The Labute approximate surface area is 564 Å². The van der Waals surface area contributed by atoms with E-state index in [4.69, 9.17) is 22.9 Å². The largest absolute Gasteiger partial charge is 0.508 e. The molecule has 2 saturated heterocycles. The van der Waals surface area contributed by atoms with E-state index in [1.165, 1.54) is 38.1 Å². The van der Waals surface area contributed by atoms with Gasteiger partial charge in [0.05, 0.1) is 32.6 Å². The van der Waals surface area contributed by atoms with Crippen molar-refractivity contribution in [1.82, 2.24) is 63.0 Å². The monoisotopic (exact) mass is 1390 g/mol. The van der Waals surface area contributed by atoms with Crippen LogP contribution in [0, 0.1) is 11.8 Å². The average molecular weight is 1390 g/mol. The Morgan fingerprint density at radius 3 is 1.62 bits per heavy atom. The molecule has 23 N–H and O–H groups in total. The van der Waals surface area contributed by atoms with Crippen LogP contribution in [0.2, 0.25) is 0 Å². The zero-order valence-electron chi connectivity index (χ0n) is 55.5. The molecule has 0 radical (unpaired) electrons. The summed E-state index contributed by atoms with van der Waals surface area (Å²) < 4.78 is 0. The van der Waals surface area contributed by atoms with Gasteiger partial charge in [-0.3, -0.25) is 71.9 Å². The van der Waals surface area contributed by atoms with Crippen molar-refractivity contribution in [2.45, 2.75) is 197 Å². The summed E-state index contributed by atoms with van der Waals surface area (Å²) in [6.07, 6.45) is -1.52. The molecule has 2 aliphatic heterocycles. The highest BCUT2D eigenvalue weighted by Gasteiger charge is 2.43. The normalized spacial score (nSPS) is 17.6. The van der Waals surface area contributed by atoms with E-state index in [2.05, 4.69) is 53.2 Å². The van der Waals surface area contributed by atoms with E-state index in [1.54, 1.807) is 20.8 Å². The Hall–Kier alpha value is -9.62. The number of primary amides is 2. The fourth-order valence-corrected chi connectivity index (χ4v) is 10.7. The van der Waals surface area contributed by atoms with Crippen LogP contribution in [0.3, 0.4) is 0 Å². The summed E-state index contributed by atoms with van der Waals surface area (Å²) in [7, 11) is 0. The van der Waals surface area contributed by atoms with E-state index in [1.807, 2.05) is 0 Å². The Morgan fingerprint density at radius 2 is 1.09 bits per heavy atom. The molecule has 14 amide bonds. The van der Waals surface area contributed by atoms with Gasteiger partial charge in [0.1, 0.15) is 78.3 Å². The Morgan fingerprint density at radius 1 is 0.561 bits per heavy atom. The number of carboxylic acid groups (broad SMARTS) is 2. The van der Waals surface area contributed by atoms with E-state index >= 15 is 0 Å². The van der Waals surface area contributed by atoms with Crippen molar-refractivity contribution in [3.63, 3.8) is 0 Å². The summed E-state index contributed by atoms with van der Waals surface area (Å²) >= 11 is 0. The van der Waals surface area contributed by atoms with Crippen LogP contribution >= 0.6 is 0 Å². The van der Waals surface area contributed by atoms with Crippen LogP contribution in [0.5, 0.6) is 5.75 Å². The second-order valence-corrected chi connectivity index (χ2v) is 24.6. The number of aliphatic hydroxyl groups excluding tert-OH is 2. The van der Waals surface area contributed by atoms with Crippen LogP contribution < -0.4 is 76.1 Å². The molecule has 0 spiro atoms. The van der Waals surface area contributed by atoms with Gasteiger partial charge in [0.25, 0.3) is 0 Å². The molecule has 0 aromatic heterocycles. The number of aliphatic hydroxyl groups is 2. The third-order valence-corrected chi connectivity index (χ3v) is 16.2. The lowest BCUT2D eigenvalue weighted by Gasteiger charge is -2.31. The van der Waals surface area contributed by atoms with Crippen molar-refractivity contribution >= 4 is 94.6 Å². The first-order valence-corrected chi connectivity index (χ1v) is 32.2. The number of carbonyl (C=O) groups is 16. The number of likely N-dealkylation sites (tertiary alicyclic amines) is 2. The minimum Gasteiger partial charge on any atom is -0.508 e. The maximum Gasteiger partial charge on any atom is 0.326 e. The van der Waals surface area contributed by atoms with Crippen LogP contribution in [0.15, 0.2) is 24.3 Å². The van der Waals surface area contributed by atoms with E-state index in [0.717, 1.165) is 9.80 Å². The number of nitrogens with zero attached hydrogens (tertiary/aromatic N) is 2. The molecule has 98 heavy (non-hydrogen) atoms. The number of aromatic hydroxyl groups is 1. The van der Waals surface area contributed by atoms with E-state index < -0.39 is 219 Å². The molecule has 0 bridgehead atoms. The topological polar surface area (TPSA) is 605 Å². The highest BCUT2D eigenvalue weighted by atomic mass is 16.4. The quantitative estimate of drug-likeness (QED) is 0.0270.